The minimum absolute atomic E-state index is 0.482. The van der Waals surface area contributed by atoms with Gasteiger partial charge >= 0.3 is 6.09 Å². The van der Waals surface area contributed by atoms with Crippen LogP contribution in [0, 0.1) is 26.3 Å². The zero-order valence-corrected chi connectivity index (χ0v) is 20.2. The summed E-state index contributed by atoms with van der Waals surface area (Å²) < 4.78 is 5.16. The van der Waals surface area contributed by atoms with Crippen molar-refractivity contribution >= 4 is 17.9 Å². The number of aliphatic hydroxyl groups is 1. The minimum Gasteiger partial charge on any atom is -0.444 e. The topological polar surface area (TPSA) is 108 Å². The first kappa shape index (κ1) is 27.0. The van der Waals surface area contributed by atoms with Crippen LogP contribution in [0.1, 0.15) is 64.3 Å². The first-order chi connectivity index (χ1) is 14.6. The molecule has 2 atom stereocenters. The van der Waals surface area contributed by atoms with E-state index in [1.165, 1.54) is 0 Å². The van der Waals surface area contributed by atoms with Crippen molar-refractivity contribution in [2.75, 3.05) is 6.61 Å². The van der Waals surface area contributed by atoms with Crippen LogP contribution < -0.4 is 10.6 Å². The van der Waals surface area contributed by atoms with Gasteiger partial charge in [-0.05, 0) is 66.5 Å². The van der Waals surface area contributed by atoms with E-state index in [0.29, 0.717) is 5.56 Å². The Hall–Kier alpha value is -3.05. The molecule has 0 heterocycles. The molecule has 3 N–H and O–H groups in total. The molecule has 3 amide bonds. The molecule has 0 radical (unpaired) electrons. The molecule has 0 saturated heterocycles. The Bertz CT molecular complexity index is 890. The summed E-state index contributed by atoms with van der Waals surface area (Å²) in [5.74, 6) is -1.29. The molecule has 0 aliphatic carbocycles. The summed E-state index contributed by atoms with van der Waals surface area (Å²) in [5, 5.41) is 15.0. The largest absolute Gasteiger partial charge is 0.444 e. The molecule has 32 heavy (non-hydrogen) atoms. The molecule has 0 saturated carbocycles. The Morgan fingerprint density at radius 2 is 1.75 bits per heavy atom. The summed E-state index contributed by atoms with van der Waals surface area (Å²) in [6.07, 6.45) is 4.78. The van der Waals surface area contributed by atoms with Crippen molar-refractivity contribution in [2.24, 2.45) is 0 Å². The first-order valence-corrected chi connectivity index (χ1v) is 10.4. The van der Waals surface area contributed by atoms with E-state index in [-0.39, 0.29) is 0 Å². The highest BCUT2D eigenvalue weighted by atomic mass is 16.6. The van der Waals surface area contributed by atoms with E-state index in [2.05, 4.69) is 16.7 Å². The number of nitrogens with one attached hydrogen (secondary N) is 2. The number of hydrogen-bond acceptors (Lipinski definition) is 5. The number of hydrogen-bond donors (Lipinski definition) is 3. The molecule has 0 aliphatic rings. The van der Waals surface area contributed by atoms with E-state index in [9.17, 15) is 19.5 Å². The second kappa shape index (κ2) is 10.5. The molecule has 176 valence electrons. The average molecular weight is 446 g/mol. The summed E-state index contributed by atoms with van der Waals surface area (Å²) >= 11 is 0. The summed E-state index contributed by atoms with van der Waals surface area (Å²) in [6, 6.07) is 5.15. The van der Waals surface area contributed by atoms with Crippen LogP contribution in [0.2, 0.25) is 0 Å². The maximum absolute atomic E-state index is 13.2. The highest BCUT2D eigenvalue weighted by Crippen LogP contribution is 2.26. The van der Waals surface area contributed by atoms with E-state index < -0.39 is 47.7 Å². The number of aryl methyl sites for hydroxylation is 2. The normalized spacial score (nSPS) is 13.4. The molecule has 0 bridgehead atoms. The van der Waals surface area contributed by atoms with Gasteiger partial charge in [-0.3, -0.25) is 14.5 Å². The number of amides is 3. The molecule has 8 nitrogen and oxygen atoms in total. The fourth-order valence-corrected chi connectivity index (χ4v) is 3.04. The van der Waals surface area contributed by atoms with Crippen LogP contribution in [0.3, 0.4) is 0 Å². The molecule has 2 unspecified atom stereocenters. The standard InChI is InChI=1S/C24H35N3O5/c1-10-27(21(30)18(14-28)25-22(31)32-24(7,8)9)19(20(29)26-23(4,5)6)17-12-11-15(2)13-16(17)3/h1,11-13,18-19,28H,14H2,2-9H3,(H,25,31)(H,26,29). The molecular formula is C24H35N3O5. The Labute approximate surface area is 190 Å². The lowest BCUT2D eigenvalue weighted by Gasteiger charge is -2.32. The van der Waals surface area contributed by atoms with Crippen LogP contribution in [0.15, 0.2) is 18.2 Å². The zero-order valence-electron chi connectivity index (χ0n) is 20.2. The van der Waals surface area contributed by atoms with Crippen molar-refractivity contribution in [3.63, 3.8) is 0 Å². The lowest BCUT2D eigenvalue weighted by atomic mass is 9.96. The summed E-state index contributed by atoms with van der Waals surface area (Å²) in [7, 11) is 0. The fraction of sp³-hybridized carbons (Fsp3) is 0.542. The Kier molecular flexibility index (Phi) is 8.86. The van der Waals surface area contributed by atoms with Crippen molar-refractivity contribution in [2.45, 2.75) is 78.6 Å². The lowest BCUT2D eigenvalue weighted by Crippen LogP contribution is -2.54. The fourth-order valence-electron chi connectivity index (χ4n) is 3.04. The molecular weight excluding hydrogens is 410 g/mol. The molecule has 1 aromatic rings. The van der Waals surface area contributed by atoms with Gasteiger partial charge in [0.15, 0.2) is 0 Å². The van der Waals surface area contributed by atoms with Gasteiger partial charge in [-0.15, -0.1) is 0 Å². The number of ether oxygens (including phenoxy) is 1. The Balaban J connectivity index is 3.38. The highest BCUT2D eigenvalue weighted by molar-refractivity contribution is 5.93. The van der Waals surface area contributed by atoms with E-state index in [1.54, 1.807) is 26.8 Å². The van der Waals surface area contributed by atoms with Gasteiger partial charge in [0.05, 0.1) is 6.61 Å². The van der Waals surface area contributed by atoms with Gasteiger partial charge in [0.1, 0.15) is 17.7 Å². The predicted molar refractivity (Wildman–Crippen MR) is 122 cm³/mol. The first-order valence-electron chi connectivity index (χ1n) is 10.4. The molecule has 0 spiro atoms. The van der Waals surface area contributed by atoms with Gasteiger partial charge in [0, 0.05) is 11.6 Å². The molecule has 1 aromatic carbocycles. The van der Waals surface area contributed by atoms with E-state index in [4.69, 9.17) is 11.2 Å². The van der Waals surface area contributed by atoms with E-state index in [0.717, 1.165) is 16.0 Å². The maximum Gasteiger partial charge on any atom is 0.408 e. The Morgan fingerprint density at radius 3 is 2.19 bits per heavy atom. The van der Waals surface area contributed by atoms with Crippen LogP contribution in [0.25, 0.3) is 0 Å². The summed E-state index contributed by atoms with van der Waals surface area (Å²) in [5.41, 5.74) is 0.917. The van der Waals surface area contributed by atoms with Crippen molar-refractivity contribution in [3.8, 4) is 12.5 Å². The second-order valence-corrected chi connectivity index (χ2v) is 9.72. The number of terminal acetylenes is 1. The zero-order chi connectivity index (χ0) is 24.9. The van der Waals surface area contributed by atoms with Crippen molar-refractivity contribution < 1.29 is 24.2 Å². The number of aliphatic hydroxyl groups excluding tert-OH is 1. The van der Waals surface area contributed by atoms with Gasteiger partial charge in [-0.1, -0.05) is 30.2 Å². The number of benzene rings is 1. The van der Waals surface area contributed by atoms with Crippen LogP contribution in [0.5, 0.6) is 0 Å². The lowest BCUT2D eigenvalue weighted by molar-refractivity contribution is -0.139. The maximum atomic E-state index is 13.2. The summed E-state index contributed by atoms with van der Waals surface area (Å²) in [6.45, 7) is 13.5. The van der Waals surface area contributed by atoms with Crippen LogP contribution >= 0.6 is 0 Å². The van der Waals surface area contributed by atoms with Gasteiger partial charge in [-0.25, -0.2) is 4.79 Å². The van der Waals surface area contributed by atoms with E-state index >= 15 is 0 Å². The van der Waals surface area contributed by atoms with Crippen molar-refractivity contribution in [1.29, 1.82) is 0 Å². The third-order valence-corrected chi connectivity index (χ3v) is 4.27. The molecule has 0 fully saturated rings. The average Bonchev–Trinajstić information content (AvgIpc) is 2.61. The van der Waals surface area contributed by atoms with Crippen LogP contribution in [-0.4, -0.2) is 51.7 Å². The minimum atomic E-state index is -1.39. The number of nitrogens with zero attached hydrogens (tertiary/aromatic N) is 1. The molecule has 0 aromatic heterocycles. The Morgan fingerprint density at radius 1 is 1.16 bits per heavy atom. The monoisotopic (exact) mass is 445 g/mol. The van der Waals surface area contributed by atoms with Crippen molar-refractivity contribution in [3.05, 3.63) is 34.9 Å². The van der Waals surface area contributed by atoms with Gasteiger partial charge < -0.3 is 20.5 Å². The summed E-state index contributed by atoms with van der Waals surface area (Å²) in [4.78, 5) is 39.5. The van der Waals surface area contributed by atoms with Crippen LogP contribution in [-0.2, 0) is 14.3 Å². The molecule has 8 heteroatoms. The molecule has 1 rings (SSSR count). The predicted octanol–water partition coefficient (Wildman–Crippen LogP) is 2.56. The smallest absolute Gasteiger partial charge is 0.408 e. The number of alkyl carbamates (subject to hydrolysis) is 1. The SMILES string of the molecule is C#CN(C(=O)C(CO)NC(=O)OC(C)(C)C)C(C(=O)NC(C)(C)C)c1ccc(C)cc1C. The van der Waals surface area contributed by atoms with Crippen molar-refractivity contribution in [1.82, 2.24) is 15.5 Å². The quantitative estimate of drug-likeness (QED) is 0.461. The number of carbonyl (C=O) groups is 3. The number of carbonyl (C=O) groups excluding carboxylic acids is 3. The highest BCUT2D eigenvalue weighted by Gasteiger charge is 2.37. The third-order valence-electron chi connectivity index (χ3n) is 4.27. The second-order valence-electron chi connectivity index (χ2n) is 9.72. The number of rotatable bonds is 6. The van der Waals surface area contributed by atoms with E-state index in [1.807, 2.05) is 46.8 Å². The van der Waals surface area contributed by atoms with Gasteiger partial charge in [0.2, 0.25) is 5.91 Å². The van der Waals surface area contributed by atoms with Gasteiger partial charge in [0.25, 0.3) is 5.91 Å². The molecule has 0 aliphatic heterocycles. The third kappa shape index (κ3) is 7.89. The van der Waals surface area contributed by atoms with Crippen LogP contribution in [0.4, 0.5) is 4.79 Å². The van der Waals surface area contributed by atoms with Gasteiger partial charge in [-0.2, -0.15) is 0 Å².